The van der Waals surface area contributed by atoms with Crippen LogP contribution >= 0.6 is 46.4 Å². The number of halogens is 4. The second-order valence-electron chi connectivity index (χ2n) is 2.91. The van der Waals surface area contributed by atoms with Gasteiger partial charge in [-0.3, -0.25) is 0 Å². The minimum atomic E-state index is -0.917. The normalized spacial score (nSPS) is 11.7. The van der Waals surface area contributed by atoms with E-state index in [4.69, 9.17) is 46.4 Å². The molecule has 7 heteroatoms. The number of alkyl halides is 3. The first kappa shape index (κ1) is 14.6. The van der Waals surface area contributed by atoms with Crippen molar-refractivity contribution < 1.29 is 9.63 Å². The lowest BCUT2D eigenvalue weighted by molar-refractivity contribution is 0.0516. The zero-order valence-electron chi connectivity index (χ0n) is 8.37. The van der Waals surface area contributed by atoms with Gasteiger partial charge in [-0.25, -0.2) is 4.79 Å². The molecule has 0 aliphatic heterocycles. The zero-order chi connectivity index (χ0) is 12.8. The van der Waals surface area contributed by atoms with Crippen molar-refractivity contribution in [2.75, 3.05) is 5.88 Å². The van der Waals surface area contributed by atoms with Gasteiger partial charge in [0, 0.05) is 5.02 Å². The van der Waals surface area contributed by atoms with Crippen molar-refractivity contribution in [1.29, 1.82) is 0 Å². The van der Waals surface area contributed by atoms with Gasteiger partial charge in [0.2, 0.25) is 0 Å². The van der Waals surface area contributed by atoms with E-state index in [0.717, 1.165) is 0 Å². The molecular weight excluding hydrogens is 308 g/mol. The van der Waals surface area contributed by atoms with Crippen molar-refractivity contribution in [3.8, 4) is 0 Å². The standard InChI is InChI=1S/C10H7Cl4NO2/c11-5-8(9(13)14)15-17-10(16)6-2-1-3-7(12)4-6/h1-4,9H,5H2. The summed E-state index contributed by atoms with van der Waals surface area (Å²) in [5.41, 5.74) is 0.432. The van der Waals surface area contributed by atoms with Crippen LogP contribution in [0, 0.1) is 0 Å². The van der Waals surface area contributed by atoms with E-state index in [2.05, 4.69) is 9.99 Å². The fraction of sp³-hybridized carbons (Fsp3) is 0.200. The van der Waals surface area contributed by atoms with Gasteiger partial charge in [0.1, 0.15) is 10.5 Å². The second kappa shape index (κ2) is 7.07. The van der Waals surface area contributed by atoms with Crippen LogP contribution in [0.5, 0.6) is 0 Å². The largest absolute Gasteiger partial charge is 0.365 e. The van der Waals surface area contributed by atoms with Crippen molar-refractivity contribution in [2.24, 2.45) is 5.16 Å². The van der Waals surface area contributed by atoms with Gasteiger partial charge in [0.15, 0.2) is 0 Å². The molecule has 1 aromatic rings. The summed E-state index contributed by atoms with van der Waals surface area (Å²) in [5.74, 6) is -0.690. The molecule has 0 saturated carbocycles. The predicted octanol–water partition coefficient (Wildman–Crippen LogP) is 3.90. The maximum Gasteiger partial charge on any atom is 0.365 e. The van der Waals surface area contributed by atoms with Crippen LogP contribution in [-0.2, 0) is 4.84 Å². The number of hydrogen-bond acceptors (Lipinski definition) is 3. The lowest BCUT2D eigenvalue weighted by Crippen LogP contribution is -2.12. The van der Waals surface area contributed by atoms with E-state index in [-0.39, 0.29) is 17.2 Å². The van der Waals surface area contributed by atoms with Gasteiger partial charge in [-0.2, -0.15) is 0 Å². The van der Waals surface area contributed by atoms with E-state index in [1.165, 1.54) is 6.07 Å². The quantitative estimate of drug-likeness (QED) is 0.366. The summed E-state index contributed by atoms with van der Waals surface area (Å²) in [6.07, 6.45) is 0. The van der Waals surface area contributed by atoms with Crippen molar-refractivity contribution in [3.05, 3.63) is 34.9 Å². The first-order chi connectivity index (χ1) is 8.04. The van der Waals surface area contributed by atoms with Crippen molar-refractivity contribution in [1.82, 2.24) is 0 Å². The average molecular weight is 315 g/mol. The molecule has 0 radical (unpaired) electrons. The Morgan fingerprint density at radius 2 is 2.12 bits per heavy atom. The van der Waals surface area contributed by atoms with E-state index in [1.807, 2.05) is 0 Å². The first-order valence-corrected chi connectivity index (χ1v) is 6.21. The lowest BCUT2D eigenvalue weighted by atomic mass is 10.2. The third-order valence-corrected chi connectivity index (χ3v) is 2.71. The van der Waals surface area contributed by atoms with Gasteiger partial charge in [0.25, 0.3) is 0 Å². The molecule has 3 nitrogen and oxygen atoms in total. The van der Waals surface area contributed by atoms with Gasteiger partial charge in [-0.05, 0) is 18.2 Å². The van der Waals surface area contributed by atoms with E-state index < -0.39 is 10.8 Å². The van der Waals surface area contributed by atoms with Gasteiger partial charge < -0.3 is 4.84 Å². The fourth-order valence-electron chi connectivity index (χ4n) is 0.891. The average Bonchev–Trinajstić information content (AvgIpc) is 2.29. The Bertz CT molecular complexity index is 434. The number of rotatable bonds is 4. The third-order valence-electron chi connectivity index (χ3n) is 1.69. The molecule has 17 heavy (non-hydrogen) atoms. The maximum atomic E-state index is 11.5. The first-order valence-electron chi connectivity index (χ1n) is 4.42. The van der Waals surface area contributed by atoms with E-state index in [1.54, 1.807) is 18.2 Å². The minimum absolute atomic E-state index is 0.0273. The predicted molar refractivity (Wildman–Crippen MR) is 70.5 cm³/mol. The number of carbonyl (C=O) groups excluding carboxylic acids is 1. The smallest absolute Gasteiger partial charge is 0.313 e. The maximum absolute atomic E-state index is 11.5. The van der Waals surface area contributed by atoms with Crippen LogP contribution in [0.15, 0.2) is 29.4 Å². The Morgan fingerprint density at radius 1 is 1.41 bits per heavy atom. The Hall–Kier alpha value is -0.480. The summed E-state index contributed by atoms with van der Waals surface area (Å²) in [4.78, 5) is 15.2. The molecule has 0 N–H and O–H groups in total. The minimum Gasteiger partial charge on any atom is -0.313 e. The number of nitrogens with zero attached hydrogens (tertiary/aromatic N) is 1. The molecule has 0 unspecified atom stereocenters. The molecule has 0 bridgehead atoms. The molecule has 92 valence electrons. The molecule has 0 spiro atoms. The summed E-state index contributed by atoms with van der Waals surface area (Å²) in [6.45, 7) is 0. The summed E-state index contributed by atoms with van der Waals surface area (Å²) >= 11 is 22.3. The zero-order valence-corrected chi connectivity index (χ0v) is 11.4. The molecule has 0 aliphatic rings. The van der Waals surface area contributed by atoms with Gasteiger partial charge in [0.05, 0.1) is 11.4 Å². The molecule has 0 saturated heterocycles. The Kier molecular flexibility index (Phi) is 6.06. The van der Waals surface area contributed by atoms with Crippen LogP contribution in [0.25, 0.3) is 0 Å². The van der Waals surface area contributed by atoms with E-state index in [9.17, 15) is 4.79 Å². The number of hydrogen-bond donors (Lipinski definition) is 0. The van der Waals surface area contributed by atoms with E-state index >= 15 is 0 Å². The highest BCUT2D eigenvalue weighted by Gasteiger charge is 2.12. The third kappa shape index (κ3) is 4.72. The number of carbonyl (C=O) groups is 1. The van der Waals surface area contributed by atoms with Crippen LogP contribution in [-0.4, -0.2) is 22.4 Å². The summed E-state index contributed by atoms with van der Waals surface area (Å²) in [7, 11) is 0. The highest BCUT2D eigenvalue weighted by molar-refractivity contribution is 6.56. The van der Waals surface area contributed by atoms with Crippen LogP contribution in [0.2, 0.25) is 5.02 Å². The molecule has 0 amide bonds. The summed E-state index contributed by atoms with van der Waals surface area (Å²) in [6, 6.07) is 6.26. The van der Waals surface area contributed by atoms with Crippen LogP contribution in [0.4, 0.5) is 0 Å². The van der Waals surface area contributed by atoms with E-state index in [0.29, 0.717) is 5.02 Å². The topological polar surface area (TPSA) is 38.7 Å². The molecule has 0 fully saturated rings. The molecule has 1 aromatic carbocycles. The van der Waals surface area contributed by atoms with Gasteiger partial charge >= 0.3 is 5.97 Å². The van der Waals surface area contributed by atoms with Crippen LogP contribution < -0.4 is 0 Å². The molecule has 0 aliphatic carbocycles. The fourth-order valence-corrected chi connectivity index (χ4v) is 1.68. The molecular formula is C10H7Cl4NO2. The SMILES string of the molecule is O=C(ON=C(CCl)C(Cl)Cl)c1cccc(Cl)c1. The molecule has 1 rings (SSSR count). The van der Waals surface area contributed by atoms with Crippen LogP contribution in [0.1, 0.15) is 10.4 Å². The van der Waals surface area contributed by atoms with Crippen molar-refractivity contribution >= 4 is 58.1 Å². The molecule has 0 atom stereocenters. The van der Waals surface area contributed by atoms with Crippen LogP contribution in [0.3, 0.4) is 0 Å². The highest BCUT2D eigenvalue weighted by atomic mass is 35.5. The molecule has 0 aromatic heterocycles. The Labute approximate surface area is 118 Å². The van der Waals surface area contributed by atoms with Gasteiger partial charge in [-0.15, -0.1) is 11.6 Å². The second-order valence-corrected chi connectivity index (χ2v) is 4.71. The molecule has 0 heterocycles. The highest BCUT2D eigenvalue weighted by Crippen LogP contribution is 2.12. The monoisotopic (exact) mass is 313 g/mol. The van der Waals surface area contributed by atoms with Gasteiger partial charge in [-0.1, -0.05) is 46.0 Å². The number of benzene rings is 1. The lowest BCUT2D eigenvalue weighted by Gasteiger charge is -2.02. The summed E-state index contributed by atoms with van der Waals surface area (Å²) in [5, 5.41) is 3.90. The Balaban J connectivity index is 2.73. The summed E-state index contributed by atoms with van der Waals surface area (Å²) < 4.78 is 0. The van der Waals surface area contributed by atoms with Crippen molar-refractivity contribution in [2.45, 2.75) is 4.84 Å². The number of oxime groups is 1. The Morgan fingerprint density at radius 3 is 2.65 bits per heavy atom. The van der Waals surface area contributed by atoms with Crippen molar-refractivity contribution in [3.63, 3.8) is 0 Å².